The molecule has 0 amide bonds. The number of rotatable bonds is 9. The summed E-state index contributed by atoms with van der Waals surface area (Å²) in [6.45, 7) is 11.3. The minimum atomic E-state index is 0.673. The molecule has 2 aromatic carbocycles. The molecule has 0 fully saturated rings. The Morgan fingerprint density at radius 1 is 0.862 bits per heavy atom. The highest BCUT2D eigenvalue weighted by Crippen LogP contribution is 2.12. The third kappa shape index (κ3) is 7.89. The Morgan fingerprint density at radius 2 is 1.52 bits per heavy atom. The second-order valence-corrected chi connectivity index (χ2v) is 6.92. The van der Waals surface area contributed by atoms with Gasteiger partial charge in [-0.3, -0.25) is 4.99 Å². The molecule has 158 valence electrons. The second-order valence-electron chi connectivity index (χ2n) is 6.92. The minimum Gasteiger partial charge on any atom is -0.383 e. The van der Waals surface area contributed by atoms with E-state index >= 15 is 0 Å². The van der Waals surface area contributed by atoms with Crippen molar-refractivity contribution in [2.24, 2.45) is 10.7 Å². The summed E-state index contributed by atoms with van der Waals surface area (Å²) in [7, 11) is 0. The van der Waals surface area contributed by atoms with Crippen molar-refractivity contribution < 1.29 is 0 Å². The number of hydrogen-bond acceptors (Lipinski definition) is 1. The quantitative estimate of drug-likeness (QED) is 0.451. The first kappa shape index (κ1) is 24.7. The molecule has 2 aromatic rings. The van der Waals surface area contributed by atoms with Crippen LogP contribution in [0.15, 0.2) is 47.5 Å². The summed E-state index contributed by atoms with van der Waals surface area (Å²) < 4.78 is 0. The van der Waals surface area contributed by atoms with Crippen molar-refractivity contribution in [3.8, 4) is 0 Å². The number of aliphatic imine (C=N–C) groups is 1. The Bertz CT molecular complexity index is 862. The highest BCUT2D eigenvalue weighted by Gasteiger charge is 2.06. The molecule has 0 aliphatic rings. The fraction of sp³-hybridized carbons (Fsp3) is 0.444. The van der Waals surface area contributed by atoms with Crippen LogP contribution in [0.3, 0.4) is 0 Å². The van der Waals surface area contributed by atoms with Gasteiger partial charge < -0.3 is 5.73 Å². The fourth-order valence-electron chi connectivity index (χ4n) is 3.48. The number of aryl methyl sites for hydroxylation is 2. The lowest BCUT2D eigenvalue weighted by Gasteiger charge is -2.10. The molecule has 0 spiro atoms. The topological polar surface area (TPSA) is 38.4 Å². The third-order valence-corrected chi connectivity index (χ3v) is 4.75. The van der Waals surface area contributed by atoms with Gasteiger partial charge in [-0.1, -0.05) is 89.2 Å². The van der Waals surface area contributed by atoms with Crippen molar-refractivity contribution in [1.29, 1.82) is 0 Å². The van der Waals surface area contributed by atoms with Crippen LogP contribution in [0.5, 0.6) is 0 Å². The predicted octanol–water partition coefficient (Wildman–Crippen LogP) is 5.38. The number of nitrogens with two attached hydrogens (primary N) is 1. The molecule has 0 atom stereocenters. The molecular weight excluding hydrogens is 352 g/mol. The summed E-state index contributed by atoms with van der Waals surface area (Å²) in [6, 6.07) is 15.1. The van der Waals surface area contributed by atoms with Crippen LogP contribution >= 0.6 is 0 Å². The summed E-state index contributed by atoms with van der Waals surface area (Å²) in [6.07, 6.45) is 11.0. The number of hydrogen-bond donors (Lipinski definition) is 1. The minimum absolute atomic E-state index is 0.673. The van der Waals surface area contributed by atoms with E-state index in [-0.39, 0.29) is 0 Å². The Labute approximate surface area is 178 Å². The molecule has 0 aromatic heterocycles. The van der Waals surface area contributed by atoms with E-state index in [0.717, 1.165) is 50.6 Å². The Balaban J connectivity index is 0.00000204. The van der Waals surface area contributed by atoms with Gasteiger partial charge in [0.05, 0.1) is 0 Å². The third-order valence-electron chi connectivity index (χ3n) is 4.75. The van der Waals surface area contributed by atoms with Gasteiger partial charge in [0, 0.05) is 12.1 Å². The molecule has 0 saturated carbocycles. The summed E-state index contributed by atoms with van der Waals surface area (Å²) in [5.41, 5.74) is 10.1. The van der Waals surface area contributed by atoms with Crippen LogP contribution in [0.1, 0.15) is 77.0 Å². The van der Waals surface area contributed by atoms with E-state index in [1.807, 2.05) is 19.9 Å². The van der Waals surface area contributed by atoms with Crippen molar-refractivity contribution in [3.05, 3.63) is 69.6 Å². The fourth-order valence-corrected chi connectivity index (χ4v) is 3.48. The molecular formula is C27H40N2. The van der Waals surface area contributed by atoms with Crippen LogP contribution in [0.2, 0.25) is 0 Å². The van der Waals surface area contributed by atoms with Crippen molar-refractivity contribution in [3.63, 3.8) is 0 Å². The first-order chi connectivity index (χ1) is 14.2. The van der Waals surface area contributed by atoms with Gasteiger partial charge >= 0.3 is 0 Å². The molecule has 2 rings (SSSR count). The molecule has 29 heavy (non-hydrogen) atoms. The normalized spacial score (nSPS) is 12.7. The van der Waals surface area contributed by atoms with Gasteiger partial charge in [-0.15, -0.1) is 0 Å². The standard InChI is InChI=1S/C25H34N2.C2H6/c1-4-11-20-14-9-15-21(23(20)12-5-2)16-10-17-22-13-7-8-18-24(22)25(26)27-19-6-3;1-2/h7-9,11-15,18H,4-6,10,16-17,19H2,1-3H3,(H2,26,27);1-2H3/b20-11-,23-12+;. The average molecular weight is 393 g/mol. The SMILES string of the molecule is CC.CC/C=c1/cccc(CCCc2ccccc2C(N)=NCCC)/c1=C/CC. The van der Waals surface area contributed by atoms with Crippen molar-refractivity contribution in [2.75, 3.05) is 6.54 Å². The molecule has 0 aliphatic carbocycles. The second kappa shape index (κ2) is 14.6. The van der Waals surface area contributed by atoms with Gasteiger partial charge in [-0.2, -0.15) is 0 Å². The maximum atomic E-state index is 6.22. The van der Waals surface area contributed by atoms with E-state index in [2.05, 4.69) is 74.3 Å². The maximum Gasteiger partial charge on any atom is 0.125 e. The van der Waals surface area contributed by atoms with Crippen molar-refractivity contribution in [2.45, 2.75) is 73.1 Å². The first-order valence-corrected chi connectivity index (χ1v) is 11.4. The Hall–Kier alpha value is -2.35. The zero-order valence-corrected chi connectivity index (χ0v) is 19.2. The monoisotopic (exact) mass is 392 g/mol. The lowest BCUT2D eigenvalue weighted by Crippen LogP contribution is -2.28. The van der Waals surface area contributed by atoms with Gasteiger partial charge in [0.2, 0.25) is 0 Å². The first-order valence-electron chi connectivity index (χ1n) is 11.4. The highest BCUT2D eigenvalue weighted by molar-refractivity contribution is 5.98. The number of amidine groups is 1. The largest absolute Gasteiger partial charge is 0.383 e. The van der Waals surface area contributed by atoms with Crippen LogP contribution in [0.4, 0.5) is 0 Å². The van der Waals surface area contributed by atoms with E-state index in [1.165, 1.54) is 21.6 Å². The van der Waals surface area contributed by atoms with E-state index in [0.29, 0.717) is 5.84 Å². The lowest BCUT2D eigenvalue weighted by atomic mass is 9.97. The van der Waals surface area contributed by atoms with E-state index in [4.69, 9.17) is 5.73 Å². The predicted molar refractivity (Wildman–Crippen MR) is 131 cm³/mol. The number of benzene rings is 2. The van der Waals surface area contributed by atoms with Gasteiger partial charge in [0.1, 0.15) is 5.84 Å². The van der Waals surface area contributed by atoms with Crippen LogP contribution in [0, 0.1) is 0 Å². The smallest absolute Gasteiger partial charge is 0.125 e. The molecule has 0 bridgehead atoms. The van der Waals surface area contributed by atoms with Crippen LogP contribution < -0.4 is 16.2 Å². The molecule has 2 nitrogen and oxygen atoms in total. The highest BCUT2D eigenvalue weighted by atomic mass is 14.8. The molecule has 2 N–H and O–H groups in total. The molecule has 0 radical (unpaired) electrons. The van der Waals surface area contributed by atoms with E-state index in [9.17, 15) is 0 Å². The maximum absolute atomic E-state index is 6.22. The molecule has 0 saturated heterocycles. The van der Waals surface area contributed by atoms with Gasteiger partial charge in [0.25, 0.3) is 0 Å². The molecule has 0 heterocycles. The van der Waals surface area contributed by atoms with Crippen LogP contribution in [-0.4, -0.2) is 12.4 Å². The summed E-state index contributed by atoms with van der Waals surface area (Å²) in [5.74, 6) is 0.673. The van der Waals surface area contributed by atoms with Gasteiger partial charge in [0.15, 0.2) is 0 Å². The number of nitrogens with zero attached hydrogens (tertiary/aromatic N) is 1. The summed E-state index contributed by atoms with van der Waals surface area (Å²) >= 11 is 0. The van der Waals surface area contributed by atoms with Crippen LogP contribution in [0.25, 0.3) is 12.2 Å². The van der Waals surface area contributed by atoms with Crippen molar-refractivity contribution >= 4 is 18.0 Å². The summed E-state index contributed by atoms with van der Waals surface area (Å²) in [4.78, 5) is 4.50. The molecule has 2 heteroatoms. The summed E-state index contributed by atoms with van der Waals surface area (Å²) in [5, 5.41) is 2.78. The van der Waals surface area contributed by atoms with Gasteiger partial charge in [-0.25, -0.2) is 0 Å². The van der Waals surface area contributed by atoms with E-state index in [1.54, 1.807) is 0 Å². The molecule has 0 aliphatic heterocycles. The Kier molecular flexibility index (Phi) is 12.4. The zero-order chi connectivity index (χ0) is 21.5. The lowest BCUT2D eigenvalue weighted by molar-refractivity contribution is 0.814. The van der Waals surface area contributed by atoms with Gasteiger partial charge in [-0.05, 0) is 60.1 Å². The van der Waals surface area contributed by atoms with Crippen molar-refractivity contribution in [1.82, 2.24) is 0 Å². The van der Waals surface area contributed by atoms with E-state index < -0.39 is 0 Å². The Morgan fingerprint density at radius 3 is 2.21 bits per heavy atom. The molecule has 0 unspecified atom stereocenters. The van der Waals surface area contributed by atoms with Crippen LogP contribution in [-0.2, 0) is 12.8 Å². The zero-order valence-electron chi connectivity index (χ0n) is 19.2. The average Bonchev–Trinajstić information content (AvgIpc) is 2.76.